The summed E-state index contributed by atoms with van der Waals surface area (Å²) in [5, 5.41) is 0. The molecule has 4 heteroatoms. The highest BCUT2D eigenvalue weighted by atomic mass is 19.3. The van der Waals surface area contributed by atoms with Crippen molar-refractivity contribution in [1.29, 1.82) is 0 Å². The third-order valence-corrected chi connectivity index (χ3v) is 3.38. The second-order valence-electron chi connectivity index (χ2n) is 5.11. The fraction of sp³-hybridized carbons (Fsp3) is 1.00. The molecule has 15 heavy (non-hydrogen) atoms. The maximum atomic E-state index is 12.6. The molecule has 0 N–H and O–H groups in total. The molecular formula is C11H20F2N2. The van der Waals surface area contributed by atoms with E-state index in [1.54, 1.807) is 0 Å². The molecule has 2 fully saturated rings. The Bertz CT molecular complexity index is 213. The molecule has 2 heterocycles. The minimum atomic E-state index is -2.41. The molecule has 0 unspecified atom stereocenters. The predicted octanol–water partition coefficient (Wildman–Crippen LogP) is 1.67. The highest BCUT2D eigenvalue weighted by Gasteiger charge is 2.43. The lowest BCUT2D eigenvalue weighted by Gasteiger charge is -2.40. The molecular weight excluding hydrogens is 198 g/mol. The van der Waals surface area contributed by atoms with E-state index >= 15 is 0 Å². The Morgan fingerprint density at radius 2 is 1.87 bits per heavy atom. The molecule has 0 amide bonds. The first kappa shape index (κ1) is 11.3. The van der Waals surface area contributed by atoms with Crippen LogP contribution in [0.4, 0.5) is 8.78 Å². The van der Waals surface area contributed by atoms with Crippen LogP contribution in [0.25, 0.3) is 0 Å². The monoisotopic (exact) mass is 218 g/mol. The average Bonchev–Trinajstić information content (AvgIpc) is 2.11. The summed E-state index contributed by atoms with van der Waals surface area (Å²) >= 11 is 0. The van der Waals surface area contributed by atoms with E-state index in [0.29, 0.717) is 0 Å². The standard InChI is InChI=1S/C11H20F2N2/c1-10-3-2-4-14(7-10)5-6-15-8-11(12,13)9-15/h10H,2-9H2,1H3/t10-/m1/s1. The lowest BCUT2D eigenvalue weighted by atomic mass is 10.0. The Kier molecular flexibility index (Phi) is 3.26. The van der Waals surface area contributed by atoms with E-state index in [9.17, 15) is 8.78 Å². The topological polar surface area (TPSA) is 6.48 Å². The zero-order chi connectivity index (χ0) is 10.9. The molecule has 0 bridgehead atoms. The first-order chi connectivity index (χ1) is 7.05. The van der Waals surface area contributed by atoms with Gasteiger partial charge < -0.3 is 4.90 Å². The van der Waals surface area contributed by atoms with Crippen molar-refractivity contribution >= 4 is 0 Å². The Balaban J connectivity index is 1.62. The van der Waals surface area contributed by atoms with Gasteiger partial charge in [-0.05, 0) is 25.3 Å². The second-order valence-corrected chi connectivity index (χ2v) is 5.11. The van der Waals surface area contributed by atoms with Crippen molar-refractivity contribution in [2.45, 2.75) is 25.7 Å². The van der Waals surface area contributed by atoms with Crippen molar-refractivity contribution in [3.8, 4) is 0 Å². The van der Waals surface area contributed by atoms with E-state index in [1.807, 2.05) is 4.90 Å². The number of piperidine rings is 1. The van der Waals surface area contributed by atoms with Crippen LogP contribution < -0.4 is 0 Å². The number of hydrogen-bond donors (Lipinski definition) is 0. The average molecular weight is 218 g/mol. The summed E-state index contributed by atoms with van der Waals surface area (Å²) in [5.74, 6) is -1.63. The summed E-state index contributed by atoms with van der Waals surface area (Å²) in [4.78, 5) is 4.25. The van der Waals surface area contributed by atoms with Crippen LogP contribution in [0, 0.1) is 5.92 Å². The zero-order valence-electron chi connectivity index (χ0n) is 9.38. The van der Waals surface area contributed by atoms with E-state index in [4.69, 9.17) is 0 Å². The van der Waals surface area contributed by atoms with Crippen molar-refractivity contribution in [2.24, 2.45) is 5.92 Å². The summed E-state index contributed by atoms with van der Waals surface area (Å²) in [6, 6.07) is 0. The Hall–Kier alpha value is -0.220. The molecule has 2 nitrogen and oxygen atoms in total. The van der Waals surface area contributed by atoms with Gasteiger partial charge in [-0.2, -0.15) is 0 Å². The molecule has 0 radical (unpaired) electrons. The van der Waals surface area contributed by atoms with Gasteiger partial charge in [0, 0.05) is 19.6 Å². The van der Waals surface area contributed by atoms with Crippen molar-refractivity contribution < 1.29 is 8.78 Å². The van der Waals surface area contributed by atoms with Gasteiger partial charge in [0.25, 0.3) is 5.92 Å². The van der Waals surface area contributed by atoms with Crippen LogP contribution in [0.3, 0.4) is 0 Å². The minimum absolute atomic E-state index is 0.0314. The molecule has 2 rings (SSSR count). The molecule has 2 saturated heterocycles. The maximum Gasteiger partial charge on any atom is 0.272 e. The van der Waals surface area contributed by atoms with Gasteiger partial charge in [0.2, 0.25) is 0 Å². The van der Waals surface area contributed by atoms with Gasteiger partial charge >= 0.3 is 0 Å². The highest BCUT2D eigenvalue weighted by molar-refractivity contribution is 4.87. The largest absolute Gasteiger partial charge is 0.302 e. The van der Waals surface area contributed by atoms with Crippen molar-refractivity contribution in [2.75, 3.05) is 39.3 Å². The fourth-order valence-corrected chi connectivity index (χ4v) is 2.54. The van der Waals surface area contributed by atoms with Gasteiger partial charge in [0.15, 0.2) is 0 Å². The van der Waals surface area contributed by atoms with Crippen LogP contribution in [-0.4, -0.2) is 55.0 Å². The Labute approximate surface area is 90.2 Å². The smallest absolute Gasteiger partial charge is 0.272 e. The molecule has 0 saturated carbocycles. The maximum absolute atomic E-state index is 12.6. The summed E-state index contributed by atoms with van der Waals surface area (Å²) in [7, 11) is 0. The number of likely N-dealkylation sites (tertiary alicyclic amines) is 2. The Morgan fingerprint density at radius 3 is 2.47 bits per heavy atom. The molecule has 0 spiro atoms. The molecule has 0 aromatic carbocycles. The summed E-state index contributed by atoms with van der Waals surface area (Å²) in [6.45, 7) is 6.26. The van der Waals surface area contributed by atoms with Crippen LogP contribution in [0.15, 0.2) is 0 Å². The quantitative estimate of drug-likeness (QED) is 0.711. The lowest BCUT2D eigenvalue weighted by Crippen LogP contribution is -2.57. The van der Waals surface area contributed by atoms with E-state index in [2.05, 4.69) is 11.8 Å². The van der Waals surface area contributed by atoms with Gasteiger partial charge in [0.1, 0.15) is 0 Å². The van der Waals surface area contributed by atoms with E-state index in [1.165, 1.54) is 12.8 Å². The van der Waals surface area contributed by atoms with Crippen LogP contribution in [0.5, 0.6) is 0 Å². The number of alkyl halides is 2. The van der Waals surface area contributed by atoms with Crippen LogP contribution in [0.2, 0.25) is 0 Å². The van der Waals surface area contributed by atoms with Gasteiger partial charge in [-0.25, -0.2) is 8.78 Å². The number of halogens is 2. The van der Waals surface area contributed by atoms with Crippen LogP contribution >= 0.6 is 0 Å². The summed E-state index contributed by atoms with van der Waals surface area (Å²) in [6.07, 6.45) is 2.58. The SMILES string of the molecule is C[C@@H]1CCCN(CCN2CC(F)(F)C2)C1. The zero-order valence-corrected chi connectivity index (χ0v) is 9.38. The summed E-state index contributed by atoms with van der Waals surface area (Å²) < 4.78 is 25.1. The summed E-state index contributed by atoms with van der Waals surface area (Å²) in [5.41, 5.74) is 0. The highest BCUT2D eigenvalue weighted by Crippen LogP contribution is 2.26. The van der Waals surface area contributed by atoms with Gasteiger partial charge in [-0.3, -0.25) is 4.90 Å². The van der Waals surface area contributed by atoms with Crippen LogP contribution in [-0.2, 0) is 0 Å². The van der Waals surface area contributed by atoms with Crippen molar-refractivity contribution in [3.63, 3.8) is 0 Å². The lowest BCUT2D eigenvalue weighted by molar-refractivity contribution is -0.131. The third kappa shape index (κ3) is 3.11. The molecule has 88 valence electrons. The first-order valence-electron chi connectivity index (χ1n) is 5.88. The number of hydrogen-bond acceptors (Lipinski definition) is 2. The van der Waals surface area contributed by atoms with Gasteiger partial charge in [-0.1, -0.05) is 6.92 Å². The van der Waals surface area contributed by atoms with Crippen molar-refractivity contribution in [3.05, 3.63) is 0 Å². The van der Waals surface area contributed by atoms with E-state index in [-0.39, 0.29) is 13.1 Å². The Morgan fingerprint density at radius 1 is 1.20 bits per heavy atom. The number of rotatable bonds is 3. The van der Waals surface area contributed by atoms with E-state index < -0.39 is 5.92 Å². The molecule has 0 aromatic heterocycles. The predicted molar refractivity (Wildman–Crippen MR) is 56.2 cm³/mol. The normalized spacial score (nSPS) is 32.6. The molecule has 1 atom stereocenters. The fourth-order valence-electron chi connectivity index (χ4n) is 2.54. The van der Waals surface area contributed by atoms with Crippen LogP contribution in [0.1, 0.15) is 19.8 Å². The first-order valence-corrected chi connectivity index (χ1v) is 5.88. The second kappa shape index (κ2) is 4.34. The van der Waals surface area contributed by atoms with E-state index in [0.717, 1.165) is 32.1 Å². The number of nitrogens with zero attached hydrogens (tertiary/aromatic N) is 2. The van der Waals surface area contributed by atoms with Crippen molar-refractivity contribution in [1.82, 2.24) is 9.80 Å². The molecule has 0 aliphatic carbocycles. The van der Waals surface area contributed by atoms with Gasteiger partial charge in [0.05, 0.1) is 13.1 Å². The molecule has 2 aliphatic heterocycles. The molecule has 0 aromatic rings. The minimum Gasteiger partial charge on any atom is -0.302 e. The molecule has 2 aliphatic rings. The van der Waals surface area contributed by atoms with Gasteiger partial charge in [-0.15, -0.1) is 0 Å². The third-order valence-electron chi connectivity index (χ3n) is 3.38.